The van der Waals surface area contributed by atoms with E-state index in [2.05, 4.69) is 46.9 Å². The number of hydrogen-bond acceptors (Lipinski definition) is 17. The number of H-pyrrole nitrogens is 1. The molecule has 6 heterocycles. The highest BCUT2D eigenvalue weighted by atomic mass is 19.1. The number of rotatable bonds is 22. The van der Waals surface area contributed by atoms with Gasteiger partial charge in [-0.1, -0.05) is 55.5 Å². The number of ether oxygens (including phenoxy) is 5. The van der Waals surface area contributed by atoms with Crippen molar-refractivity contribution >= 4 is 39.7 Å². The zero-order chi connectivity index (χ0) is 60.8. The third kappa shape index (κ3) is 12.1. The summed E-state index contributed by atoms with van der Waals surface area (Å²) in [5, 5.41) is 46.0. The second-order valence-electron chi connectivity index (χ2n) is 23.9. The van der Waals surface area contributed by atoms with Gasteiger partial charge in [0.05, 0.1) is 61.5 Å². The number of amides is 3. The Morgan fingerprint density at radius 3 is 2.39 bits per heavy atom. The van der Waals surface area contributed by atoms with Crippen molar-refractivity contribution in [2.75, 3.05) is 54.1 Å². The Morgan fingerprint density at radius 1 is 0.931 bits per heavy atom. The number of pyridine rings is 1. The summed E-state index contributed by atoms with van der Waals surface area (Å²) >= 11 is 0. The number of aromatic nitrogens is 9. The van der Waals surface area contributed by atoms with Gasteiger partial charge in [-0.15, -0.1) is 5.10 Å². The van der Waals surface area contributed by atoms with Gasteiger partial charge in [0.1, 0.15) is 72.9 Å². The van der Waals surface area contributed by atoms with E-state index >= 15 is 4.39 Å². The van der Waals surface area contributed by atoms with Gasteiger partial charge >= 0.3 is 6.09 Å². The SMILES string of the molecule is CO[C@@H](C)COc1cc(OC2CN(C(=O)OC3CC(N(C)C)C3)C2)c2cc(C3CC3)c(-c3c(C)c(F)cc4[nH]ncc34)c(OCc3ccc(-c4cn([C@H](C(=O)N5C[C@H](O)C[C@H]5C(=O)N[C@@H](CO)c5ccc(-n6cncn6)cc5)C(C)C)nn4)cc3)c2n1. The second kappa shape index (κ2) is 24.7. The molecule has 4 fully saturated rings. The first-order chi connectivity index (χ1) is 42.0. The lowest BCUT2D eigenvalue weighted by molar-refractivity contribution is -0.142. The first kappa shape index (κ1) is 58.8. The lowest BCUT2D eigenvalue weighted by Crippen LogP contribution is -2.57. The molecule has 0 unspecified atom stereocenters. The Labute approximate surface area is 501 Å². The standard InChI is InChI=1S/C63H72FN13O10/c1-34(2)59(62(81)75-25-43(79)20-53(75)61(80)68-52(29-78)40-14-16-41(17-15-40)77-33-65-32-67-77)76-28-51(71-72-76)39-10-8-37(9-11-39)31-85-60-57(56-36(4)49(64)22-50-48(56)24-66-70-50)46(38-12-13-38)21-47-54(23-55(69-58(47)60)84-30-35(3)83-7)86-45-26-74(27-45)63(82)87-44-18-42(19-44)73(5)6/h8-11,14-17,21-24,28,32-35,38,42-45,52-53,59,78-79H,12-13,18-20,25-27,29-31H2,1-7H3,(H,66,70)(H,68,80)/t35-,42?,43+,44?,52-,53-,59-/m0/s1. The fourth-order valence-electron chi connectivity index (χ4n) is 11.8. The quantitative estimate of drug-likeness (QED) is 0.0521. The normalized spacial score (nSPS) is 19.7. The summed E-state index contributed by atoms with van der Waals surface area (Å²) in [5.41, 5.74) is 7.02. The molecular formula is C63H72FN13O10. The Hall–Kier alpha value is -8.58. The Kier molecular flexibility index (Phi) is 16.7. The van der Waals surface area contributed by atoms with Gasteiger partial charge in [0.25, 0.3) is 0 Å². The minimum absolute atomic E-state index is 0.0148. The van der Waals surface area contributed by atoms with Crippen molar-refractivity contribution in [1.82, 2.24) is 65.0 Å². The molecule has 4 aliphatic rings. The number of fused-ring (bicyclic) bond motifs is 2. The van der Waals surface area contributed by atoms with Gasteiger partial charge in [-0.3, -0.25) is 14.7 Å². The van der Waals surface area contributed by atoms with Crippen LogP contribution in [0.3, 0.4) is 0 Å². The number of hydrogen-bond donors (Lipinski definition) is 4. The Bertz CT molecular complexity index is 3790. The lowest BCUT2D eigenvalue weighted by Gasteiger charge is -2.42. The largest absolute Gasteiger partial charge is 0.486 e. The van der Waals surface area contributed by atoms with Crippen LogP contribution in [0.2, 0.25) is 0 Å². The molecule has 0 radical (unpaired) electrons. The molecule has 87 heavy (non-hydrogen) atoms. The summed E-state index contributed by atoms with van der Waals surface area (Å²) < 4.78 is 50.8. The molecule has 5 atom stereocenters. The van der Waals surface area contributed by atoms with E-state index in [1.807, 2.05) is 59.1 Å². The van der Waals surface area contributed by atoms with Gasteiger partial charge in [-0.05, 0) is 99.1 Å². The van der Waals surface area contributed by atoms with Crippen molar-refractivity contribution in [1.29, 1.82) is 0 Å². The van der Waals surface area contributed by atoms with Crippen LogP contribution in [-0.4, -0.2) is 178 Å². The number of aliphatic hydroxyl groups excluding tert-OH is 2. The Balaban J connectivity index is 0.809. The average Bonchev–Trinajstić information content (AvgIpc) is 1.81. The first-order valence-electron chi connectivity index (χ1n) is 29.6. The summed E-state index contributed by atoms with van der Waals surface area (Å²) in [6.45, 7) is 7.83. The third-order valence-corrected chi connectivity index (χ3v) is 17.2. The predicted octanol–water partition coefficient (Wildman–Crippen LogP) is 7.24. The summed E-state index contributed by atoms with van der Waals surface area (Å²) in [4.78, 5) is 56.1. The van der Waals surface area contributed by atoms with E-state index in [0.29, 0.717) is 80.6 Å². The van der Waals surface area contributed by atoms with Gasteiger partial charge in [-0.2, -0.15) is 10.2 Å². The predicted molar refractivity (Wildman–Crippen MR) is 318 cm³/mol. The molecular weight excluding hydrogens is 1120 g/mol. The third-order valence-electron chi connectivity index (χ3n) is 17.2. The van der Waals surface area contributed by atoms with Crippen molar-refractivity contribution in [3.63, 3.8) is 0 Å². The van der Waals surface area contributed by atoms with E-state index in [4.69, 9.17) is 28.7 Å². The number of likely N-dealkylation sites (tertiary alicyclic amines) is 2. The van der Waals surface area contributed by atoms with Crippen LogP contribution in [0.5, 0.6) is 17.4 Å². The fraction of sp³-hybridized carbons (Fsp3) is 0.444. The van der Waals surface area contributed by atoms with Gasteiger partial charge < -0.3 is 53.9 Å². The zero-order valence-corrected chi connectivity index (χ0v) is 49.7. The highest BCUT2D eigenvalue weighted by Crippen LogP contribution is 2.54. The number of benzene rings is 4. The fourth-order valence-corrected chi connectivity index (χ4v) is 11.8. The number of halogens is 1. The van der Waals surface area contributed by atoms with Gasteiger partial charge in [0, 0.05) is 72.5 Å². The topological polar surface area (TPSA) is 263 Å². The second-order valence-corrected chi connectivity index (χ2v) is 23.9. The molecule has 2 aliphatic heterocycles. The van der Waals surface area contributed by atoms with Crippen molar-refractivity contribution in [3.8, 4) is 45.5 Å². The van der Waals surface area contributed by atoms with E-state index in [0.717, 1.165) is 47.9 Å². The summed E-state index contributed by atoms with van der Waals surface area (Å²) in [6.07, 6.45) is 7.77. The van der Waals surface area contributed by atoms with Crippen LogP contribution >= 0.6 is 0 Å². The van der Waals surface area contributed by atoms with E-state index in [9.17, 15) is 24.6 Å². The van der Waals surface area contributed by atoms with Crippen molar-refractivity contribution in [2.24, 2.45) is 5.92 Å². The number of methoxy groups -OCH3 is 1. The molecule has 4 N–H and O–H groups in total. The van der Waals surface area contributed by atoms with E-state index in [-0.39, 0.29) is 68.3 Å². The van der Waals surface area contributed by atoms with Gasteiger partial charge in [0.15, 0.2) is 5.75 Å². The molecule has 12 rings (SSSR count). The van der Waals surface area contributed by atoms with E-state index < -0.39 is 48.5 Å². The molecule has 2 aliphatic carbocycles. The van der Waals surface area contributed by atoms with Crippen LogP contribution in [0.25, 0.3) is 49.9 Å². The van der Waals surface area contributed by atoms with Gasteiger partial charge in [-0.25, -0.2) is 28.5 Å². The number of nitrogens with one attached hydrogen (secondary N) is 2. The maximum atomic E-state index is 16.2. The molecule has 456 valence electrons. The van der Waals surface area contributed by atoms with Crippen LogP contribution in [0.4, 0.5) is 9.18 Å². The van der Waals surface area contributed by atoms with Crippen LogP contribution < -0.4 is 19.5 Å². The minimum Gasteiger partial charge on any atom is -0.486 e. The molecule has 8 aromatic rings. The van der Waals surface area contributed by atoms with Crippen LogP contribution in [0.15, 0.2) is 91.8 Å². The number of aliphatic hydroxyl groups is 2. The average molecular weight is 1190 g/mol. The zero-order valence-electron chi connectivity index (χ0n) is 49.7. The summed E-state index contributed by atoms with van der Waals surface area (Å²) in [7, 11) is 5.67. The number of β-amino-alcohol motifs (C(OH)–C–C–N with tert-alkyl or cyclic N) is 1. The number of carbonyl (C=O) groups excluding carboxylic acids is 3. The smallest absolute Gasteiger partial charge is 0.410 e. The van der Waals surface area contributed by atoms with E-state index in [1.165, 1.54) is 22.0 Å². The maximum absolute atomic E-state index is 16.2. The van der Waals surface area contributed by atoms with Crippen molar-refractivity contribution in [2.45, 2.75) is 121 Å². The molecule has 2 saturated carbocycles. The highest BCUT2D eigenvalue weighted by Gasteiger charge is 2.44. The first-order valence-corrected chi connectivity index (χ1v) is 29.6. The molecule has 4 aromatic heterocycles. The van der Waals surface area contributed by atoms with Gasteiger partial charge in [0.2, 0.25) is 17.7 Å². The molecule has 23 nitrogen and oxygen atoms in total. The highest BCUT2D eigenvalue weighted by molar-refractivity contribution is 6.05. The van der Waals surface area contributed by atoms with Crippen LogP contribution in [0, 0.1) is 18.7 Å². The van der Waals surface area contributed by atoms with E-state index in [1.54, 1.807) is 72.7 Å². The molecule has 0 bridgehead atoms. The number of carbonyl (C=O) groups is 3. The molecule has 2 saturated heterocycles. The lowest BCUT2D eigenvalue weighted by atomic mass is 9.88. The van der Waals surface area contributed by atoms with Crippen molar-refractivity contribution in [3.05, 3.63) is 120 Å². The summed E-state index contributed by atoms with van der Waals surface area (Å²) in [5.74, 6) is -0.346. The molecule has 24 heteroatoms. The molecule has 4 aromatic carbocycles. The maximum Gasteiger partial charge on any atom is 0.410 e. The summed E-state index contributed by atoms with van der Waals surface area (Å²) in [6, 6.07) is 17.8. The Morgan fingerprint density at radius 2 is 1.70 bits per heavy atom. The van der Waals surface area contributed by atoms with Crippen LogP contribution in [0.1, 0.15) is 93.1 Å². The number of nitrogens with zero attached hydrogens (tertiary/aromatic N) is 11. The molecule has 0 spiro atoms. The monoisotopic (exact) mass is 1190 g/mol. The number of aromatic amines is 1. The minimum atomic E-state index is -1.01. The molecule has 3 amide bonds. The van der Waals surface area contributed by atoms with Crippen LogP contribution in [-0.2, 0) is 25.7 Å². The van der Waals surface area contributed by atoms with Crippen molar-refractivity contribution < 1.29 is 52.7 Å².